The van der Waals surface area contributed by atoms with Crippen LogP contribution in [-0.2, 0) is 9.59 Å². The molecule has 2 amide bonds. The SMILES string of the molecule is CC(=O)N1CCN([C@@H]2CN(CC(=O)NC3CCCC3)C[C@H]2C)CC1. The highest BCUT2D eigenvalue weighted by Crippen LogP contribution is 2.23. The first-order valence-corrected chi connectivity index (χ1v) is 9.54. The summed E-state index contributed by atoms with van der Waals surface area (Å²) in [7, 11) is 0. The third-order valence-electron chi connectivity index (χ3n) is 5.96. The van der Waals surface area contributed by atoms with Gasteiger partial charge in [-0.05, 0) is 18.8 Å². The minimum absolute atomic E-state index is 0.180. The molecule has 6 heteroatoms. The monoisotopic (exact) mass is 336 g/mol. The van der Waals surface area contributed by atoms with Crippen molar-refractivity contribution in [3.05, 3.63) is 0 Å². The number of likely N-dealkylation sites (tertiary alicyclic amines) is 1. The Morgan fingerprint density at radius 3 is 2.33 bits per heavy atom. The van der Waals surface area contributed by atoms with Gasteiger partial charge in [-0.25, -0.2) is 0 Å². The fraction of sp³-hybridized carbons (Fsp3) is 0.889. The van der Waals surface area contributed by atoms with Crippen molar-refractivity contribution in [2.24, 2.45) is 5.92 Å². The largest absolute Gasteiger partial charge is 0.352 e. The predicted molar refractivity (Wildman–Crippen MR) is 93.6 cm³/mol. The molecule has 0 aromatic rings. The fourth-order valence-electron chi connectivity index (χ4n) is 4.57. The maximum atomic E-state index is 12.3. The molecule has 3 aliphatic rings. The number of carbonyl (C=O) groups excluding carboxylic acids is 2. The lowest BCUT2D eigenvalue weighted by Crippen LogP contribution is -2.53. The van der Waals surface area contributed by atoms with E-state index < -0.39 is 0 Å². The molecule has 24 heavy (non-hydrogen) atoms. The summed E-state index contributed by atoms with van der Waals surface area (Å²) < 4.78 is 0. The summed E-state index contributed by atoms with van der Waals surface area (Å²) >= 11 is 0. The van der Waals surface area contributed by atoms with Crippen LogP contribution >= 0.6 is 0 Å². The number of rotatable bonds is 4. The van der Waals surface area contributed by atoms with Crippen LogP contribution in [0.4, 0.5) is 0 Å². The number of amides is 2. The minimum Gasteiger partial charge on any atom is -0.352 e. The summed E-state index contributed by atoms with van der Waals surface area (Å²) in [6.45, 7) is 10.0. The topological polar surface area (TPSA) is 55.9 Å². The molecule has 0 bridgehead atoms. The van der Waals surface area contributed by atoms with E-state index in [9.17, 15) is 9.59 Å². The summed E-state index contributed by atoms with van der Waals surface area (Å²) in [5, 5.41) is 3.19. The zero-order valence-corrected chi connectivity index (χ0v) is 15.2. The summed E-state index contributed by atoms with van der Waals surface area (Å²) in [6, 6.07) is 0.923. The summed E-state index contributed by atoms with van der Waals surface area (Å²) in [5.74, 6) is 0.948. The number of hydrogen-bond acceptors (Lipinski definition) is 4. The Balaban J connectivity index is 1.44. The molecule has 0 spiro atoms. The van der Waals surface area contributed by atoms with E-state index in [0.717, 1.165) is 52.1 Å². The van der Waals surface area contributed by atoms with E-state index in [1.807, 2.05) is 4.90 Å². The molecule has 2 saturated heterocycles. The smallest absolute Gasteiger partial charge is 0.234 e. The highest BCUT2D eigenvalue weighted by atomic mass is 16.2. The Bertz CT molecular complexity index is 456. The second-order valence-electron chi connectivity index (χ2n) is 7.83. The molecule has 3 rings (SSSR count). The van der Waals surface area contributed by atoms with Gasteiger partial charge >= 0.3 is 0 Å². The molecule has 2 heterocycles. The Labute approximate surface area is 145 Å². The highest BCUT2D eigenvalue weighted by molar-refractivity contribution is 5.78. The van der Waals surface area contributed by atoms with Crippen molar-refractivity contribution < 1.29 is 9.59 Å². The van der Waals surface area contributed by atoms with Crippen LogP contribution in [0.2, 0.25) is 0 Å². The van der Waals surface area contributed by atoms with Gasteiger partial charge in [0.1, 0.15) is 0 Å². The first-order chi connectivity index (χ1) is 11.5. The van der Waals surface area contributed by atoms with Gasteiger partial charge in [0.25, 0.3) is 0 Å². The summed E-state index contributed by atoms with van der Waals surface area (Å²) in [4.78, 5) is 30.5. The number of hydrogen-bond donors (Lipinski definition) is 1. The van der Waals surface area contributed by atoms with Gasteiger partial charge in [-0.3, -0.25) is 19.4 Å². The minimum atomic E-state index is 0.180. The Morgan fingerprint density at radius 1 is 1.04 bits per heavy atom. The lowest BCUT2D eigenvalue weighted by atomic mass is 10.0. The van der Waals surface area contributed by atoms with Crippen molar-refractivity contribution in [3.63, 3.8) is 0 Å². The second kappa shape index (κ2) is 7.83. The Kier molecular flexibility index (Phi) is 5.76. The molecule has 1 aliphatic carbocycles. The van der Waals surface area contributed by atoms with E-state index >= 15 is 0 Å². The molecular weight excluding hydrogens is 304 g/mol. The van der Waals surface area contributed by atoms with Crippen molar-refractivity contribution in [2.75, 3.05) is 45.8 Å². The van der Waals surface area contributed by atoms with E-state index in [-0.39, 0.29) is 11.8 Å². The third kappa shape index (κ3) is 4.28. The molecular formula is C18H32N4O2. The number of piperazine rings is 1. The van der Waals surface area contributed by atoms with Gasteiger partial charge < -0.3 is 10.2 Å². The van der Waals surface area contributed by atoms with Crippen molar-refractivity contribution >= 4 is 11.8 Å². The van der Waals surface area contributed by atoms with Gasteiger partial charge in [-0.15, -0.1) is 0 Å². The zero-order chi connectivity index (χ0) is 17.1. The van der Waals surface area contributed by atoms with Crippen LogP contribution in [-0.4, -0.2) is 84.4 Å². The van der Waals surface area contributed by atoms with Crippen LogP contribution in [0, 0.1) is 5.92 Å². The van der Waals surface area contributed by atoms with E-state index in [2.05, 4.69) is 22.0 Å². The van der Waals surface area contributed by atoms with Crippen molar-refractivity contribution in [3.8, 4) is 0 Å². The van der Waals surface area contributed by atoms with E-state index in [1.165, 1.54) is 12.8 Å². The standard InChI is InChI=1S/C18H32N4O2/c1-14-11-20(13-18(24)19-16-5-3-4-6-16)12-17(14)22-9-7-21(8-10-22)15(2)23/h14,16-17H,3-13H2,1-2H3,(H,19,24)/t14-,17-/m1/s1. The van der Waals surface area contributed by atoms with E-state index in [0.29, 0.717) is 24.5 Å². The molecule has 136 valence electrons. The molecule has 0 aromatic carbocycles. The third-order valence-corrected chi connectivity index (χ3v) is 5.96. The quantitative estimate of drug-likeness (QED) is 0.814. The van der Waals surface area contributed by atoms with Crippen LogP contribution in [0.3, 0.4) is 0 Å². The molecule has 0 radical (unpaired) electrons. The van der Waals surface area contributed by atoms with Gasteiger partial charge in [0.05, 0.1) is 6.54 Å². The fourth-order valence-corrected chi connectivity index (χ4v) is 4.57. The van der Waals surface area contributed by atoms with Gasteiger partial charge in [0.15, 0.2) is 0 Å². The number of carbonyl (C=O) groups is 2. The lowest BCUT2D eigenvalue weighted by Gasteiger charge is -2.39. The normalized spacial score (nSPS) is 30.0. The number of nitrogens with zero attached hydrogens (tertiary/aromatic N) is 3. The van der Waals surface area contributed by atoms with Gasteiger partial charge in [0, 0.05) is 58.3 Å². The van der Waals surface area contributed by atoms with Crippen LogP contribution < -0.4 is 5.32 Å². The maximum Gasteiger partial charge on any atom is 0.234 e. The highest BCUT2D eigenvalue weighted by Gasteiger charge is 2.36. The summed E-state index contributed by atoms with van der Waals surface area (Å²) in [5.41, 5.74) is 0. The number of nitrogens with one attached hydrogen (secondary N) is 1. The maximum absolute atomic E-state index is 12.3. The molecule has 1 saturated carbocycles. The van der Waals surface area contributed by atoms with Gasteiger partial charge in [-0.1, -0.05) is 19.8 Å². The van der Waals surface area contributed by atoms with Crippen molar-refractivity contribution in [1.29, 1.82) is 0 Å². The predicted octanol–water partition coefficient (Wildman–Crippen LogP) is 0.530. The van der Waals surface area contributed by atoms with Crippen molar-refractivity contribution in [2.45, 2.75) is 51.6 Å². The summed E-state index contributed by atoms with van der Waals surface area (Å²) in [6.07, 6.45) is 4.79. The van der Waals surface area contributed by atoms with Crippen LogP contribution in [0.5, 0.6) is 0 Å². The van der Waals surface area contributed by atoms with Gasteiger partial charge in [-0.2, -0.15) is 0 Å². The molecule has 0 unspecified atom stereocenters. The van der Waals surface area contributed by atoms with E-state index in [1.54, 1.807) is 6.92 Å². The van der Waals surface area contributed by atoms with Crippen LogP contribution in [0.1, 0.15) is 39.5 Å². The first kappa shape index (κ1) is 17.7. The Morgan fingerprint density at radius 2 is 1.71 bits per heavy atom. The molecule has 3 fully saturated rings. The average molecular weight is 336 g/mol. The van der Waals surface area contributed by atoms with Crippen molar-refractivity contribution in [1.82, 2.24) is 20.0 Å². The zero-order valence-electron chi connectivity index (χ0n) is 15.2. The lowest BCUT2D eigenvalue weighted by molar-refractivity contribution is -0.131. The molecule has 0 aromatic heterocycles. The molecule has 2 aliphatic heterocycles. The molecule has 1 N–H and O–H groups in total. The second-order valence-corrected chi connectivity index (χ2v) is 7.83. The first-order valence-electron chi connectivity index (χ1n) is 9.54. The molecule has 6 nitrogen and oxygen atoms in total. The van der Waals surface area contributed by atoms with Gasteiger partial charge in [0.2, 0.25) is 11.8 Å². The van der Waals surface area contributed by atoms with E-state index in [4.69, 9.17) is 0 Å². The average Bonchev–Trinajstić information content (AvgIpc) is 3.17. The van der Waals surface area contributed by atoms with Crippen LogP contribution in [0.15, 0.2) is 0 Å². The Hall–Kier alpha value is -1.14. The molecule has 2 atom stereocenters. The van der Waals surface area contributed by atoms with Crippen LogP contribution in [0.25, 0.3) is 0 Å².